The molecule has 1 fully saturated rings. The third-order valence-corrected chi connectivity index (χ3v) is 8.01. The number of benzene rings is 2. The lowest BCUT2D eigenvalue weighted by Crippen LogP contribution is -2.42. The first kappa shape index (κ1) is 21.5. The van der Waals surface area contributed by atoms with Crippen molar-refractivity contribution < 1.29 is 21.6 Å². The standard InChI is InChI=1S/C20H24N2O5S2/c1-28(24,25)18-8-5-9-19(14-18)29(26,27)22-12-10-17(11-13-22)20(23)21-15-16-6-3-2-4-7-16/h2-9,14,17H,10-13,15H2,1H3,(H,21,23). The first-order chi connectivity index (χ1) is 13.7. The highest BCUT2D eigenvalue weighted by atomic mass is 32.2. The summed E-state index contributed by atoms with van der Waals surface area (Å²) in [4.78, 5) is 12.3. The second-order valence-corrected chi connectivity index (χ2v) is 11.1. The average molecular weight is 437 g/mol. The van der Waals surface area contributed by atoms with Gasteiger partial charge in [0.1, 0.15) is 0 Å². The van der Waals surface area contributed by atoms with Crippen LogP contribution in [-0.4, -0.2) is 46.4 Å². The number of nitrogens with zero attached hydrogens (tertiary/aromatic N) is 1. The highest BCUT2D eigenvalue weighted by Crippen LogP contribution is 2.25. The molecule has 2 aromatic rings. The van der Waals surface area contributed by atoms with Gasteiger partial charge >= 0.3 is 0 Å². The van der Waals surface area contributed by atoms with Crippen LogP contribution in [-0.2, 0) is 31.2 Å². The van der Waals surface area contributed by atoms with Gasteiger partial charge in [0.05, 0.1) is 9.79 Å². The third kappa shape index (κ3) is 5.23. The fraction of sp³-hybridized carbons (Fsp3) is 0.350. The summed E-state index contributed by atoms with van der Waals surface area (Å²) >= 11 is 0. The highest BCUT2D eigenvalue weighted by molar-refractivity contribution is 7.91. The molecular weight excluding hydrogens is 412 g/mol. The molecule has 0 spiro atoms. The molecule has 0 saturated carbocycles. The van der Waals surface area contributed by atoms with Crippen LogP contribution >= 0.6 is 0 Å². The van der Waals surface area contributed by atoms with Gasteiger partial charge in [-0.1, -0.05) is 36.4 Å². The third-order valence-electron chi connectivity index (χ3n) is 5.01. The molecule has 29 heavy (non-hydrogen) atoms. The van der Waals surface area contributed by atoms with Crippen molar-refractivity contribution in [3.63, 3.8) is 0 Å². The maximum Gasteiger partial charge on any atom is 0.243 e. The predicted molar refractivity (Wildman–Crippen MR) is 109 cm³/mol. The van der Waals surface area contributed by atoms with Crippen molar-refractivity contribution in [3.8, 4) is 0 Å². The smallest absolute Gasteiger partial charge is 0.243 e. The summed E-state index contributed by atoms with van der Waals surface area (Å²) < 4.78 is 50.5. The van der Waals surface area contributed by atoms with E-state index in [-0.39, 0.29) is 34.7 Å². The van der Waals surface area contributed by atoms with E-state index in [0.29, 0.717) is 19.4 Å². The number of carbonyl (C=O) groups excluding carboxylic acids is 1. The number of sulfone groups is 1. The maximum atomic E-state index is 12.9. The summed E-state index contributed by atoms with van der Waals surface area (Å²) in [5, 5.41) is 2.90. The molecule has 1 saturated heterocycles. The minimum absolute atomic E-state index is 0.0336. The predicted octanol–water partition coefficient (Wildman–Crippen LogP) is 1.81. The SMILES string of the molecule is CS(=O)(=O)c1cccc(S(=O)(=O)N2CCC(C(=O)NCc3ccccc3)CC2)c1. The van der Waals surface area contributed by atoms with E-state index >= 15 is 0 Å². The van der Waals surface area contributed by atoms with Crippen LogP contribution in [0.3, 0.4) is 0 Å². The van der Waals surface area contributed by atoms with Crippen molar-refractivity contribution in [2.75, 3.05) is 19.3 Å². The van der Waals surface area contributed by atoms with Gasteiger partial charge in [-0.25, -0.2) is 16.8 Å². The zero-order valence-corrected chi connectivity index (χ0v) is 17.7. The summed E-state index contributed by atoms with van der Waals surface area (Å²) in [6.07, 6.45) is 1.88. The lowest BCUT2D eigenvalue weighted by molar-refractivity contribution is -0.126. The van der Waals surface area contributed by atoms with Crippen LogP contribution < -0.4 is 5.32 Å². The molecule has 1 amide bonds. The molecule has 0 atom stereocenters. The largest absolute Gasteiger partial charge is 0.352 e. The van der Waals surface area contributed by atoms with Crippen LogP contribution in [0.25, 0.3) is 0 Å². The Balaban J connectivity index is 1.62. The molecule has 9 heteroatoms. The van der Waals surface area contributed by atoms with Gasteiger partial charge in [0.2, 0.25) is 15.9 Å². The number of nitrogens with one attached hydrogen (secondary N) is 1. The van der Waals surface area contributed by atoms with Gasteiger partial charge < -0.3 is 5.32 Å². The molecular formula is C20H24N2O5S2. The summed E-state index contributed by atoms with van der Waals surface area (Å²) in [7, 11) is -7.31. The Kier molecular flexibility index (Phi) is 6.40. The number of sulfonamides is 1. The lowest BCUT2D eigenvalue weighted by atomic mass is 9.97. The van der Waals surface area contributed by atoms with Gasteiger partial charge in [0, 0.05) is 31.8 Å². The van der Waals surface area contributed by atoms with Crippen molar-refractivity contribution in [1.29, 1.82) is 0 Å². The van der Waals surface area contributed by atoms with E-state index < -0.39 is 19.9 Å². The van der Waals surface area contributed by atoms with Crippen LogP contribution in [0.4, 0.5) is 0 Å². The van der Waals surface area contributed by atoms with E-state index in [1.807, 2.05) is 30.3 Å². The van der Waals surface area contributed by atoms with Crippen molar-refractivity contribution in [3.05, 3.63) is 60.2 Å². The van der Waals surface area contributed by atoms with Crippen LogP contribution in [0.1, 0.15) is 18.4 Å². The number of hydrogen-bond acceptors (Lipinski definition) is 5. The monoisotopic (exact) mass is 436 g/mol. The van der Waals surface area contributed by atoms with Crippen LogP contribution in [0.2, 0.25) is 0 Å². The van der Waals surface area contributed by atoms with Crippen molar-refractivity contribution in [2.45, 2.75) is 29.2 Å². The second kappa shape index (κ2) is 8.64. The highest BCUT2D eigenvalue weighted by Gasteiger charge is 2.32. The molecule has 156 valence electrons. The van der Waals surface area contributed by atoms with Gasteiger partial charge in [0.15, 0.2) is 9.84 Å². The van der Waals surface area contributed by atoms with E-state index in [1.165, 1.54) is 28.6 Å². The Bertz CT molecular complexity index is 1070. The van der Waals surface area contributed by atoms with Gasteiger partial charge in [-0.2, -0.15) is 4.31 Å². The maximum absolute atomic E-state index is 12.9. The number of rotatable bonds is 6. The molecule has 0 bridgehead atoms. The Hall–Kier alpha value is -2.23. The topological polar surface area (TPSA) is 101 Å². The molecule has 1 heterocycles. The van der Waals surface area contributed by atoms with Crippen molar-refractivity contribution in [2.24, 2.45) is 5.92 Å². The van der Waals surface area contributed by atoms with Crippen molar-refractivity contribution >= 4 is 25.8 Å². The normalized spacial score (nSPS) is 16.4. The average Bonchev–Trinajstić information content (AvgIpc) is 2.72. The Morgan fingerprint density at radius 3 is 2.21 bits per heavy atom. The minimum atomic E-state index is -3.81. The van der Waals surface area contributed by atoms with E-state index in [1.54, 1.807) is 0 Å². The zero-order chi connectivity index (χ0) is 21.1. The lowest BCUT2D eigenvalue weighted by Gasteiger charge is -2.30. The number of piperidine rings is 1. The summed E-state index contributed by atoms with van der Waals surface area (Å²) in [6.45, 7) is 0.875. The van der Waals surface area contributed by atoms with Crippen LogP contribution in [0.15, 0.2) is 64.4 Å². The molecule has 0 aromatic heterocycles. The molecule has 1 N–H and O–H groups in total. The molecule has 3 rings (SSSR count). The van der Waals surface area contributed by atoms with Crippen LogP contribution in [0.5, 0.6) is 0 Å². The number of amides is 1. The van der Waals surface area contributed by atoms with Crippen molar-refractivity contribution in [1.82, 2.24) is 9.62 Å². The fourth-order valence-corrected chi connectivity index (χ4v) is 5.56. The molecule has 1 aliphatic heterocycles. The Morgan fingerprint density at radius 1 is 0.966 bits per heavy atom. The Labute approximate surface area is 171 Å². The second-order valence-electron chi connectivity index (χ2n) is 7.13. The van der Waals surface area contributed by atoms with Crippen LogP contribution in [0, 0.1) is 5.92 Å². The molecule has 1 aliphatic rings. The molecule has 0 aliphatic carbocycles. The molecule has 0 unspecified atom stereocenters. The summed E-state index contributed by atoms with van der Waals surface area (Å²) in [5.41, 5.74) is 1.01. The zero-order valence-electron chi connectivity index (χ0n) is 16.1. The fourth-order valence-electron chi connectivity index (χ4n) is 3.30. The summed E-state index contributed by atoms with van der Waals surface area (Å²) in [5.74, 6) is -0.322. The number of hydrogen-bond donors (Lipinski definition) is 1. The first-order valence-electron chi connectivity index (χ1n) is 9.30. The van der Waals surface area contributed by atoms with E-state index in [0.717, 1.165) is 11.8 Å². The molecule has 2 aromatic carbocycles. The van der Waals surface area contributed by atoms with Gasteiger partial charge in [-0.15, -0.1) is 0 Å². The quantitative estimate of drug-likeness (QED) is 0.744. The van der Waals surface area contributed by atoms with Gasteiger partial charge in [-0.3, -0.25) is 4.79 Å². The number of carbonyl (C=O) groups is 1. The van der Waals surface area contributed by atoms with Gasteiger partial charge in [0.25, 0.3) is 0 Å². The summed E-state index contributed by atoms with van der Waals surface area (Å²) in [6, 6.07) is 15.0. The van der Waals surface area contributed by atoms with Gasteiger partial charge in [-0.05, 0) is 36.6 Å². The minimum Gasteiger partial charge on any atom is -0.352 e. The van der Waals surface area contributed by atoms with E-state index in [4.69, 9.17) is 0 Å². The Morgan fingerprint density at radius 2 is 1.59 bits per heavy atom. The molecule has 0 radical (unpaired) electrons. The molecule has 7 nitrogen and oxygen atoms in total. The van der Waals surface area contributed by atoms with E-state index in [9.17, 15) is 21.6 Å². The first-order valence-corrected chi connectivity index (χ1v) is 12.6. The van der Waals surface area contributed by atoms with E-state index in [2.05, 4.69) is 5.32 Å².